The molecule has 0 radical (unpaired) electrons. The van der Waals surface area contributed by atoms with Gasteiger partial charge in [0.25, 0.3) is 0 Å². The SMILES string of the molecule is COc1cc(C[C@@H]2NCCc3cc(OC)c(OC)cc32)c(-c2cc(OC)c(OC)cc2C[C@@H]2NCCc3cc(OC)c(OC)cc32)cc1OC. The molecule has 4 aromatic rings. The van der Waals surface area contributed by atoms with Crippen LogP contribution in [0.3, 0.4) is 0 Å². The zero-order valence-electron chi connectivity index (χ0n) is 30.3. The van der Waals surface area contributed by atoms with Gasteiger partial charge in [-0.05, 0) is 132 Å². The van der Waals surface area contributed by atoms with Crippen LogP contribution in [0.25, 0.3) is 11.1 Å². The molecule has 2 aliphatic heterocycles. The van der Waals surface area contributed by atoms with Crippen LogP contribution >= 0.6 is 0 Å². The molecule has 0 saturated carbocycles. The summed E-state index contributed by atoms with van der Waals surface area (Å²) in [4.78, 5) is 0. The minimum absolute atomic E-state index is 0.0216. The van der Waals surface area contributed by atoms with Crippen LogP contribution in [0.2, 0.25) is 0 Å². The molecule has 0 spiro atoms. The number of nitrogens with one attached hydrogen (secondary N) is 2. The summed E-state index contributed by atoms with van der Waals surface area (Å²) in [5.74, 6) is 5.53. The van der Waals surface area contributed by atoms with Crippen LogP contribution in [0.1, 0.15) is 45.5 Å². The molecular weight excluding hydrogens is 636 g/mol. The molecule has 0 aromatic heterocycles. The Balaban J connectivity index is 1.49. The summed E-state index contributed by atoms with van der Waals surface area (Å²) in [5.41, 5.74) is 9.11. The molecule has 0 unspecified atom stereocenters. The third-order valence-corrected chi connectivity index (χ3v) is 9.97. The van der Waals surface area contributed by atoms with E-state index in [-0.39, 0.29) is 12.1 Å². The van der Waals surface area contributed by atoms with E-state index in [1.165, 1.54) is 22.3 Å². The van der Waals surface area contributed by atoms with E-state index in [1.807, 2.05) is 0 Å². The maximum absolute atomic E-state index is 5.88. The molecule has 2 N–H and O–H groups in total. The molecule has 10 nitrogen and oxygen atoms in total. The molecule has 0 bridgehead atoms. The fourth-order valence-electron chi connectivity index (χ4n) is 7.42. The van der Waals surface area contributed by atoms with Gasteiger partial charge >= 0.3 is 0 Å². The normalized spacial score (nSPS) is 16.5. The average molecular weight is 685 g/mol. The second-order valence-corrected chi connectivity index (χ2v) is 12.5. The minimum Gasteiger partial charge on any atom is -0.493 e. The summed E-state index contributed by atoms with van der Waals surface area (Å²) >= 11 is 0. The third kappa shape index (κ3) is 6.69. The monoisotopic (exact) mass is 684 g/mol. The van der Waals surface area contributed by atoms with Gasteiger partial charge < -0.3 is 48.5 Å². The van der Waals surface area contributed by atoms with Crippen molar-refractivity contribution < 1.29 is 37.9 Å². The number of ether oxygens (including phenoxy) is 8. The van der Waals surface area contributed by atoms with Gasteiger partial charge in [-0.3, -0.25) is 0 Å². The first kappa shape index (κ1) is 35.0. The highest BCUT2D eigenvalue weighted by molar-refractivity contribution is 5.77. The zero-order valence-corrected chi connectivity index (χ0v) is 30.3. The number of hydrogen-bond donors (Lipinski definition) is 2. The van der Waals surface area contributed by atoms with Crippen molar-refractivity contribution in [1.82, 2.24) is 10.6 Å². The maximum Gasteiger partial charge on any atom is 0.161 e. The predicted molar refractivity (Wildman–Crippen MR) is 193 cm³/mol. The Kier molecular flexibility index (Phi) is 10.8. The Hall–Kier alpha value is -4.80. The van der Waals surface area contributed by atoms with E-state index in [9.17, 15) is 0 Å². The van der Waals surface area contributed by atoms with Crippen molar-refractivity contribution >= 4 is 0 Å². The van der Waals surface area contributed by atoms with Crippen molar-refractivity contribution in [1.29, 1.82) is 0 Å². The van der Waals surface area contributed by atoms with Gasteiger partial charge in [0.05, 0.1) is 56.9 Å². The van der Waals surface area contributed by atoms with Gasteiger partial charge in [0.1, 0.15) is 0 Å². The van der Waals surface area contributed by atoms with Gasteiger partial charge in [-0.15, -0.1) is 0 Å². The van der Waals surface area contributed by atoms with Gasteiger partial charge in [-0.25, -0.2) is 0 Å². The highest BCUT2D eigenvalue weighted by Crippen LogP contribution is 2.45. The topological polar surface area (TPSA) is 97.9 Å². The van der Waals surface area contributed by atoms with Crippen LogP contribution in [-0.4, -0.2) is 70.0 Å². The molecule has 10 heteroatoms. The highest BCUT2D eigenvalue weighted by atomic mass is 16.5. The zero-order chi connectivity index (χ0) is 35.4. The fourth-order valence-corrected chi connectivity index (χ4v) is 7.42. The molecule has 2 atom stereocenters. The van der Waals surface area contributed by atoms with E-state index >= 15 is 0 Å². The van der Waals surface area contributed by atoms with Gasteiger partial charge in [0.15, 0.2) is 46.0 Å². The van der Waals surface area contributed by atoms with E-state index < -0.39 is 0 Å². The smallest absolute Gasteiger partial charge is 0.161 e. The minimum atomic E-state index is 0.0216. The van der Waals surface area contributed by atoms with Gasteiger partial charge in [0.2, 0.25) is 0 Å². The van der Waals surface area contributed by atoms with Crippen molar-refractivity contribution in [2.75, 3.05) is 70.0 Å². The Labute approximate surface area is 294 Å². The quantitative estimate of drug-likeness (QED) is 0.168. The molecule has 4 aromatic carbocycles. The van der Waals surface area contributed by atoms with E-state index in [2.05, 4.69) is 59.2 Å². The van der Waals surface area contributed by atoms with Crippen LogP contribution in [0.15, 0.2) is 48.5 Å². The lowest BCUT2D eigenvalue weighted by Gasteiger charge is -2.30. The van der Waals surface area contributed by atoms with E-state index in [0.717, 1.165) is 59.7 Å². The molecule has 0 fully saturated rings. The average Bonchev–Trinajstić information content (AvgIpc) is 3.16. The lowest BCUT2D eigenvalue weighted by atomic mass is 9.84. The Morgan fingerprint density at radius 3 is 1.06 bits per heavy atom. The van der Waals surface area contributed by atoms with E-state index in [1.54, 1.807) is 56.9 Å². The lowest BCUT2D eigenvalue weighted by molar-refractivity contribution is 0.351. The van der Waals surface area contributed by atoms with Crippen molar-refractivity contribution in [2.24, 2.45) is 0 Å². The summed E-state index contributed by atoms with van der Waals surface area (Å²) in [6, 6.07) is 16.8. The molecule has 0 amide bonds. The molecule has 0 saturated heterocycles. The van der Waals surface area contributed by atoms with Crippen LogP contribution in [0.5, 0.6) is 46.0 Å². The summed E-state index contributed by atoms with van der Waals surface area (Å²) in [7, 11) is 13.4. The Morgan fingerprint density at radius 1 is 0.420 bits per heavy atom. The number of methoxy groups -OCH3 is 8. The highest BCUT2D eigenvalue weighted by Gasteiger charge is 2.28. The Morgan fingerprint density at radius 2 is 0.720 bits per heavy atom. The second kappa shape index (κ2) is 15.4. The third-order valence-electron chi connectivity index (χ3n) is 9.97. The number of hydrogen-bond acceptors (Lipinski definition) is 10. The van der Waals surface area contributed by atoms with Crippen molar-refractivity contribution in [3.63, 3.8) is 0 Å². The van der Waals surface area contributed by atoms with Crippen molar-refractivity contribution in [3.8, 4) is 57.1 Å². The Bertz CT molecular complexity index is 1710. The fraction of sp³-hybridized carbons (Fsp3) is 0.400. The van der Waals surface area contributed by atoms with Crippen molar-refractivity contribution in [3.05, 3.63) is 81.9 Å². The van der Waals surface area contributed by atoms with Crippen LogP contribution in [0.4, 0.5) is 0 Å². The molecule has 2 aliphatic rings. The first-order chi connectivity index (χ1) is 24.4. The first-order valence-electron chi connectivity index (χ1n) is 16.9. The maximum atomic E-state index is 5.88. The van der Waals surface area contributed by atoms with Crippen LogP contribution in [0, 0.1) is 0 Å². The number of benzene rings is 4. The first-order valence-corrected chi connectivity index (χ1v) is 16.9. The number of fused-ring (bicyclic) bond motifs is 2. The summed E-state index contributed by atoms with van der Waals surface area (Å²) in [5, 5.41) is 7.53. The number of rotatable bonds is 13. The molecule has 6 rings (SSSR count). The second-order valence-electron chi connectivity index (χ2n) is 12.5. The van der Waals surface area contributed by atoms with Crippen molar-refractivity contribution in [2.45, 2.75) is 37.8 Å². The van der Waals surface area contributed by atoms with Gasteiger partial charge in [-0.1, -0.05) is 0 Å². The van der Waals surface area contributed by atoms with Crippen LogP contribution in [-0.2, 0) is 25.7 Å². The largest absolute Gasteiger partial charge is 0.493 e. The standard InChI is InChI=1S/C40H48N2O8/c1-43-33-15-23-9-11-41-31(29(23)21-39(33)49-7)13-25-17-35(45-3)37(47-5)19-27(25)28-20-38(48-6)36(46-4)18-26(28)14-32-30-22-40(50-8)34(44-2)16-24(30)10-12-42-32/h15-22,31-32,41-42H,9-14H2,1-8H3/t31-,32-/m0/s1. The van der Waals surface area contributed by atoms with Gasteiger partial charge in [-0.2, -0.15) is 0 Å². The molecule has 0 aliphatic carbocycles. The van der Waals surface area contributed by atoms with Gasteiger partial charge in [0, 0.05) is 12.1 Å². The lowest BCUT2D eigenvalue weighted by Crippen LogP contribution is -2.31. The summed E-state index contributed by atoms with van der Waals surface area (Å²) in [6.07, 6.45) is 3.18. The molecule has 266 valence electrons. The summed E-state index contributed by atoms with van der Waals surface area (Å²) in [6.45, 7) is 1.69. The van der Waals surface area contributed by atoms with Crippen LogP contribution < -0.4 is 48.5 Å². The summed E-state index contributed by atoms with van der Waals surface area (Å²) < 4.78 is 46.1. The van der Waals surface area contributed by atoms with E-state index in [0.29, 0.717) is 47.3 Å². The molecule has 2 heterocycles. The predicted octanol–water partition coefficient (Wildman–Crippen LogP) is 6.28. The molecule has 50 heavy (non-hydrogen) atoms. The van der Waals surface area contributed by atoms with E-state index in [4.69, 9.17) is 37.9 Å². The molecular formula is C40H48N2O8.